The Morgan fingerprint density at radius 3 is 2.53 bits per heavy atom. The third kappa shape index (κ3) is 4.62. The predicted molar refractivity (Wildman–Crippen MR) is 92.3 cm³/mol. The molecule has 0 unspecified atom stereocenters. The highest BCUT2D eigenvalue weighted by Crippen LogP contribution is 2.39. The van der Waals surface area contributed by atoms with Gasteiger partial charge in [-0.3, -0.25) is 4.79 Å². The zero-order valence-electron chi connectivity index (χ0n) is 15.6. The number of hydrogen-bond acceptors (Lipinski definition) is 5. The van der Waals surface area contributed by atoms with Crippen LogP contribution in [0.4, 0.5) is 32.0 Å². The van der Waals surface area contributed by atoms with Gasteiger partial charge in [-0.05, 0) is 31.2 Å². The molecule has 1 N–H and O–H groups in total. The topological polar surface area (TPSA) is 68.6 Å². The van der Waals surface area contributed by atoms with Crippen molar-refractivity contribution in [1.82, 2.24) is 10.2 Å². The first-order valence-electron chi connectivity index (χ1n) is 9.12. The van der Waals surface area contributed by atoms with Crippen molar-refractivity contribution >= 4 is 11.6 Å². The maximum atomic E-state index is 13.5. The lowest BCUT2D eigenvalue weighted by Crippen LogP contribution is -2.42. The summed E-state index contributed by atoms with van der Waals surface area (Å²) in [6, 6.07) is 3.65. The third-order valence-electron chi connectivity index (χ3n) is 4.91. The summed E-state index contributed by atoms with van der Waals surface area (Å²) in [7, 11) is 0. The summed E-state index contributed by atoms with van der Waals surface area (Å²) in [5.74, 6) is -0.639. The normalized spacial score (nSPS) is 23.2. The molecule has 164 valence electrons. The maximum absolute atomic E-state index is 13.5. The van der Waals surface area contributed by atoms with E-state index in [4.69, 9.17) is 10.00 Å². The second-order valence-electron chi connectivity index (χ2n) is 6.94. The number of carbonyl (C=O) groups is 1. The lowest BCUT2D eigenvalue weighted by Gasteiger charge is -2.27. The van der Waals surface area contributed by atoms with E-state index in [2.05, 4.69) is 5.32 Å². The standard InChI is InChI=1S/C18H18F6N4O2/c19-17(20,21)13-8-12(3-2-11(13)9-25)28-10-14(30-16(28)18(22,23)24)15(29)27-6-1-4-26-5-7-27/h2-3,8,14,16,26H,1,4-7,10H2/t14-,16+/m0/s1. The third-order valence-corrected chi connectivity index (χ3v) is 4.91. The fraction of sp³-hybridized carbons (Fsp3) is 0.556. The first kappa shape index (κ1) is 22.2. The van der Waals surface area contributed by atoms with Gasteiger partial charge in [0.25, 0.3) is 5.91 Å². The molecule has 1 aromatic carbocycles. The van der Waals surface area contributed by atoms with Crippen LogP contribution in [0.25, 0.3) is 0 Å². The molecule has 3 rings (SSSR count). The maximum Gasteiger partial charge on any atom is 0.433 e. The second-order valence-corrected chi connectivity index (χ2v) is 6.94. The number of carbonyl (C=O) groups excluding carboxylic acids is 1. The summed E-state index contributed by atoms with van der Waals surface area (Å²) in [6.07, 6.45) is -13.3. The molecule has 12 heteroatoms. The van der Waals surface area contributed by atoms with E-state index in [9.17, 15) is 31.1 Å². The molecule has 0 aliphatic carbocycles. The van der Waals surface area contributed by atoms with Gasteiger partial charge >= 0.3 is 12.4 Å². The van der Waals surface area contributed by atoms with Gasteiger partial charge in [-0.25, -0.2) is 0 Å². The van der Waals surface area contributed by atoms with Crippen molar-refractivity contribution in [2.24, 2.45) is 0 Å². The van der Waals surface area contributed by atoms with Gasteiger partial charge in [-0.1, -0.05) is 0 Å². The van der Waals surface area contributed by atoms with Crippen LogP contribution >= 0.6 is 0 Å². The largest absolute Gasteiger partial charge is 0.433 e. The number of nitrogens with one attached hydrogen (secondary N) is 1. The molecular formula is C18H18F6N4O2. The molecule has 0 bridgehead atoms. The summed E-state index contributed by atoms with van der Waals surface area (Å²) in [6.45, 7) is 1.23. The fourth-order valence-corrected chi connectivity index (χ4v) is 3.49. The number of rotatable bonds is 2. The van der Waals surface area contributed by atoms with E-state index in [1.807, 2.05) is 0 Å². The van der Waals surface area contributed by atoms with E-state index in [1.54, 1.807) is 0 Å². The number of nitriles is 1. The van der Waals surface area contributed by atoms with Crippen LogP contribution in [0.5, 0.6) is 0 Å². The molecule has 2 fully saturated rings. The van der Waals surface area contributed by atoms with Gasteiger partial charge in [0.05, 0.1) is 23.7 Å². The molecule has 6 nitrogen and oxygen atoms in total. The monoisotopic (exact) mass is 436 g/mol. The molecule has 0 radical (unpaired) electrons. The second kappa shape index (κ2) is 8.31. The van der Waals surface area contributed by atoms with Crippen LogP contribution in [0, 0.1) is 11.3 Å². The molecule has 2 aliphatic rings. The van der Waals surface area contributed by atoms with Crippen molar-refractivity contribution < 1.29 is 35.9 Å². The van der Waals surface area contributed by atoms with Crippen molar-refractivity contribution in [2.75, 3.05) is 37.6 Å². The smallest absolute Gasteiger partial charge is 0.339 e. The number of nitrogens with zero attached hydrogens (tertiary/aromatic N) is 3. The number of benzene rings is 1. The Balaban J connectivity index is 1.91. The van der Waals surface area contributed by atoms with Crippen molar-refractivity contribution in [3.05, 3.63) is 29.3 Å². The Labute approximate surface area is 168 Å². The van der Waals surface area contributed by atoms with Gasteiger partial charge in [0.15, 0.2) is 6.10 Å². The minimum absolute atomic E-state index is 0.296. The Morgan fingerprint density at radius 1 is 1.17 bits per heavy atom. The number of hydrogen-bond donors (Lipinski definition) is 1. The van der Waals surface area contributed by atoms with Crippen LogP contribution in [0.2, 0.25) is 0 Å². The minimum atomic E-state index is -4.94. The average Bonchev–Trinajstić information content (AvgIpc) is 2.96. The van der Waals surface area contributed by atoms with Gasteiger partial charge in [0, 0.05) is 25.3 Å². The van der Waals surface area contributed by atoms with E-state index >= 15 is 0 Å². The van der Waals surface area contributed by atoms with Crippen LogP contribution in [-0.4, -0.2) is 62.0 Å². The van der Waals surface area contributed by atoms with E-state index in [1.165, 1.54) is 11.0 Å². The van der Waals surface area contributed by atoms with E-state index < -0.39 is 54.0 Å². The van der Waals surface area contributed by atoms with Crippen molar-refractivity contribution in [3.8, 4) is 6.07 Å². The predicted octanol–water partition coefficient (Wildman–Crippen LogP) is 2.49. The van der Waals surface area contributed by atoms with Gasteiger partial charge in [0.2, 0.25) is 6.23 Å². The molecule has 0 saturated carbocycles. The van der Waals surface area contributed by atoms with E-state index in [0.29, 0.717) is 43.6 Å². The van der Waals surface area contributed by atoms with Crippen LogP contribution in [0.15, 0.2) is 18.2 Å². The lowest BCUT2D eigenvalue weighted by molar-refractivity contribution is -0.214. The number of halogens is 6. The summed E-state index contributed by atoms with van der Waals surface area (Å²) < 4.78 is 85.3. The number of amides is 1. The molecular weight excluding hydrogens is 418 g/mol. The van der Waals surface area contributed by atoms with Gasteiger partial charge < -0.3 is 19.9 Å². The Hall–Kier alpha value is -2.52. The Morgan fingerprint density at radius 2 is 1.90 bits per heavy atom. The van der Waals surface area contributed by atoms with Crippen LogP contribution in [0.1, 0.15) is 17.5 Å². The highest BCUT2D eigenvalue weighted by Gasteiger charge is 2.53. The first-order chi connectivity index (χ1) is 14.0. The zero-order chi connectivity index (χ0) is 22.1. The molecule has 30 heavy (non-hydrogen) atoms. The molecule has 0 aromatic heterocycles. The molecule has 1 amide bonds. The van der Waals surface area contributed by atoms with Gasteiger partial charge in [-0.15, -0.1) is 0 Å². The van der Waals surface area contributed by atoms with Gasteiger partial charge in [0.1, 0.15) is 0 Å². The molecule has 2 atom stereocenters. The minimum Gasteiger partial charge on any atom is -0.339 e. The molecule has 2 saturated heterocycles. The quantitative estimate of drug-likeness (QED) is 0.722. The summed E-state index contributed by atoms with van der Waals surface area (Å²) >= 11 is 0. The van der Waals surface area contributed by atoms with Crippen LogP contribution < -0.4 is 10.2 Å². The summed E-state index contributed by atoms with van der Waals surface area (Å²) in [5.41, 5.74) is -2.49. The summed E-state index contributed by atoms with van der Waals surface area (Å²) in [4.78, 5) is 14.7. The van der Waals surface area contributed by atoms with Crippen LogP contribution in [-0.2, 0) is 15.7 Å². The van der Waals surface area contributed by atoms with Crippen molar-refractivity contribution in [2.45, 2.75) is 31.1 Å². The van der Waals surface area contributed by atoms with E-state index in [0.717, 1.165) is 12.1 Å². The number of anilines is 1. The fourth-order valence-electron chi connectivity index (χ4n) is 3.49. The Kier molecular flexibility index (Phi) is 6.14. The number of alkyl halides is 6. The number of ether oxygens (including phenoxy) is 1. The van der Waals surface area contributed by atoms with Crippen molar-refractivity contribution in [3.63, 3.8) is 0 Å². The first-order valence-corrected chi connectivity index (χ1v) is 9.12. The van der Waals surface area contributed by atoms with Gasteiger partial charge in [-0.2, -0.15) is 31.6 Å². The Bertz CT molecular complexity index is 827. The highest BCUT2D eigenvalue weighted by molar-refractivity contribution is 5.82. The molecule has 0 spiro atoms. The molecule has 2 aliphatic heterocycles. The lowest BCUT2D eigenvalue weighted by atomic mass is 10.1. The van der Waals surface area contributed by atoms with E-state index in [-0.39, 0.29) is 0 Å². The highest BCUT2D eigenvalue weighted by atomic mass is 19.4. The van der Waals surface area contributed by atoms with Crippen molar-refractivity contribution in [1.29, 1.82) is 5.26 Å². The zero-order valence-corrected chi connectivity index (χ0v) is 15.6. The summed E-state index contributed by atoms with van der Waals surface area (Å²) in [5, 5.41) is 11.9. The van der Waals surface area contributed by atoms with Crippen LogP contribution in [0.3, 0.4) is 0 Å². The average molecular weight is 436 g/mol. The molecule has 2 heterocycles. The molecule has 1 aromatic rings. The SMILES string of the molecule is N#Cc1ccc(N2C[C@@H](C(=O)N3CCCNCC3)O[C@@H]2C(F)(F)F)cc1C(F)(F)F.